The number of anilines is 1. The Kier molecular flexibility index (Phi) is 5.10. The van der Waals surface area contributed by atoms with Gasteiger partial charge in [-0.3, -0.25) is 4.90 Å². The van der Waals surface area contributed by atoms with Crippen LogP contribution in [-0.2, 0) is 6.54 Å². The molecular weight excluding hydrogens is 284 g/mol. The van der Waals surface area contributed by atoms with Gasteiger partial charge in [0.1, 0.15) is 5.75 Å². The Morgan fingerprint density at radius 3 is 2.62 bits per heavy atom. The third kappa shape index (κ3) is 3.69. The van der Waals surface area contributed by atoms with Gasteiger partial charge in [0.15, 0.2) is 0 Å². The van der Waals surface area contributed by atoms with Crippen LogP contribution in [0.5, 0.6) is 5.75 Å². The molecule has 1 unspecified atom stereocenters. The van der Waals surface area contributed by atoms with Gasteiger partial charge in [-0.2, -0.15) is 0 Å². The number of nitrogens with zero attached hydrogens (tertiary/aromatic N) is 1. The summed E-state index contributed by atoms with van der Waals surface area (Å²) in [5, 5.41) is 0.788. The van der Waals surface area contributed by atoms with Crippen LogP contribution in [0.2, 0.25) is 5.02 Å². The summed E-state index contributed by atoms with van der Waals surface area (Å²) < 4.78 is 5.40. The molecule has 4 heteroatoms. The van der Waals surface area contributed by atoms with E-state index in [1.54, 1.807) is 7.11 Å². The molecule has 2 aromatic rings. The highest BCUT2D eigenvalue weighted by Crippen LogP contribution is 2.29. The van der Waals surface area contributed by atoms with E-state index in [4.69, 9.17) is 22.1 Å². The molecule has 0 aliphatic rings. The second-order valence-corrected chi connectivity index (χ2v) is 5.59. The molecule has 0 aromatic heterocycles. The average Bonchev–Trinajstić information content (AvgIpc) is 2.47. The minimum absolute atomic E-state index is 0.199. The zero-order chi connectivity index (χ0) is 15.4. The summed E-state index contributed by atoms with van der Waals surface area (Å²) in [6.07, 6.45) is 0. The normalized spacial score (nSPS) is 12.4. The van der Waals surface area contributed by atoms with Crippen molar-refractivity contribution in [2.45, 2.75) is 19.5 Å². The van der Waals surface area contributed by atoms with E-state index in [1.165, 1.54) is 0 Å². The topological polar surface area (TPSA) is 38.5 Å². The monoisotopic (exact) mass is 304 g/mol. The number of hydrogen-bond acceptors (Lipinski definition) is 3. The summed E-state index contributed by atoms with van der Waals surface area (Å²) in [4.78, 5) is 2.22. The quantitative estimate of drug-likeness (QED) is 0.844. The fourth-order valence-corrected chi connectivity index (χ4v) is 2.67. The molecule has 0 heterocycles. The van der Waals surface area contributed by atoms with Crippen LogP contribution in [0.3, 0.4) is 0 Å². The summed E-state index contributed by atoms with van der Waals surface area (Å²) in [5.41, 5.74) is 8.80. The zero-order valence-corrected chi connectivity index (χ0v) is 13.4. The first-order valence-electron chi connectivity index (χ1n) is 6.90. The van der Waals surface area contributed by atoms with Gasteiger partial charge in [0.2, 0.25) is 0 Å². The van der Waals surface area contributed by atoms with Gasteiger partial charge in [-0.05, 0) is 43.8 Å². The smallest absolute Gasteiger partial charge is 0.123 e. The number of nitrogens with two attached hydrogens (primary N) is 1. The van der Waals surface area contributed by atoms with E-state index in [9.17, 15) is 0 Å². The molecule has 21 heavy (non-hydrogen) atoms. The summed E-state index contributed by atoms with van der Waals surface area (Å²) in [5.74, 6) is 0.849. The van der Waals surface area contributed by atoms with E-state index < -0.39 is 0 Å². The molecule has 112 valence electrons. The molecule has 0 amide bonds. The van der Waals surface area contributed by atoms with Crippen LogP contribution in [0, 0.1) is 0 Å². The maximum atomic E-state index is 6.28. The SMILES string of the molecule is COc1ccc(N)cc1CN(C)C(C)c1ccccc1Cl. The Morgan fingerprint density at radius 1 is 1.24 bits per heavy atom. The van der Waals surface area contributed by atoms with Gasteiger partial charge in [0.05, 0.1) is 7.11 Å². The minimum atomic E-state index is 0.199. The van der Waals surface area contributed by atoms with Crippen molar-refractivity contribution in [2.75, 3.05) is 19.9 Å². The number of methoxy groups -OCH3 is 1. The number of halogens is 1. The number of benzene rings is 2. The molecule has 0 radical (unpaired) electrons. The van der Waals surface area contributed by atoms with Crippen molar-refractivity contribution in [3.05, 3.63) is 58.6 Å². The lowest BCUT2D eigenvalue weighted by atomic mass is 10.1. The molecule has 0 spiro atoms. The highest BCUT2D eigenvalue weighted by Gasteiger charge is 2.16. The van der Waals surface area contributed by atoms with Crippen molar-refractivity contribution >= 4 is 17.3 Å². The molecule has 0 saturated carbocycles. The molecule has 1 atom stereocenters. The molecule has 2 aromatic carbocycles. The maximum absolute atomic E-state index is 6.28. The standard InChI is InChI=1S/C17H21ClN2O/c1-12(15-6-4-5-7-16(15)18)20(2)11-13-10-14(19)8-9-17(13)21-3/h4-10,12H,11,19H2,1-3H3. The predicted octanol–water partition coefficient (Wildman–Crippen LogP) is 4.12. The Morgan fingerprint density at radius 2 is 1.95 bits per heavy atom. The number of rotatable bonds is 5. The fraction of sp³-hybridized carbons (Fsp3) is 0.294. The summed E-state index contributed by atoms with van der Waals surface area (Å²) >= 11 is 6.28. The Bertz CT molecular complexity index is 615. The van der Waals surface area contributed by atoms with Gasteiger partial charge in [-0.15, -0.1) is 0 Å². The van der Waals surface area contributed by atoms with Crippen LogP contribution in [0.4, 0.5) is 5.69 Å². The first-order chi connectivity index (χ1) is 10.0. The molecule has 0 aliphatic heterocycles. The van der Waals surface area contributed by atoms with E-state index in [2.05, 4.69) is 24.9 Å². The summed E-state index contributed by atoms with van der Waals surface area (Å²) in [7, 11) is 3.74. The van der Waals surface area contributed by atoms with E-state index >= 15 is 0 Å². The Balaban J connectivity index is 2.20. The Labute approximate surface area is 131 Å². The highest BCUT2D eigenvalue weighted by atomic mass is 35.5. The third-order valence-corrected chi connectivity index (χ3v) is 4.08. The van der Waals surface area contributed by atoms with Crippen LogP contribution < -0.4 is 10.5 Å². The second-order valence-electron chi connectivity index (χ2n) is 5.18. The van der Waals surface area contributed by atoms with Crippen LogP contribution in [0.25, 0.3) is 0 Å². The lowest BCUT2D eigenvalue weighted by Crippen LogP contribution is -2.22. The van der Waals surface area contributed by atoms with Crippen LogP contribution in [-0.4, -0.2) is 19.1 Å². The van der Waals surface area contributed by atoms with E-state index in [0.717, 1.165) is 34.1 Å². The predicted molar refractivity (Wildman–Crippen MR) is 88.7 cm³/mol. The van der Waals surface area contributed by atoms with Crippen molar-refractivity contribution in [3.63, 3.8) is 0 Å². The number of hydrogen-bond donors (Lipinski definition) is 1. The minimum Gasteiger partial charge on any atom is -0.496 e. The molecule has 3 nitrogen and oxygen atoms in total. The molecule has 0 saturated heterocycles. The van der Waals surface area contributed by atoms with Crippen molar-refractivity contribution in [3.8, 4) is 5.75 Å². The Hall–Kier alpha value is -1.71. The largest absolute Gasteiger partial charge is 0.496 e. The van der Waals surface area contributed by atoms with E-state index in [1.807, 2.05) is 36.4 Å². The van der Waals surface area contributed by atoms with Gasteiger partial charge in [-0.25, -0.2) is 0 Å². The number of ether oxygens (including phenoxy) is 1. The van der Waals surface area contributed by atoms with Crippen LogP contribution >= 0.6 is 11.6 Å². The number of nitrogen functional groups attached to an aromatic ring is 1. The van der Waals surface area contributed by atoms with E-state index in [0.29, 0.717) is 0 Å². The zero-order valence-electron chi connectivity index (χ0n) is 12.6. The van der Waals surface area contributed by atoms with Crippen molar-refractivity contribution in [2.24, 2.45) is 0 Å². The molecule has 0 aliphatic carbocycles. The van der Waals surface area contributed by atoms with Gasteiger partial charge >= 0.3 is 0 Å². The molecule has 0 bridgehead atoms. The van der Waals surface area contributed by atoms with Crippen LogP contribution in [0.1, 0.15) is 24.1 Å². The second kappa shape index (κ2) is 6.83. The lowest BCUT2D eigenvalue weighted by molar-refractivity contribution is 0.249. The maximum Gasteiger partial charge on any atom is 0.123 e. The van der Waals surface area contributed by atoms with Crippen molar-refractivity contribution < 1.29 is 4.74 Å². The molecule has 0 fully saturated rings. The first-order valence-corrected chi connectivity index (χ1v) is 7.27. The third-order valence-electron chi connectivity index (χ3n) is 3.74. The van der Waals surface area contributed by atoms with Crippen molar-refractivity contribution in [1.29, 1.82) is 0 Å². The fourth-order valence-electron chi connectivity index (χ4n) is 2.38. The van der Waals surface area contributed by atoms with Gasteiger partial charge in [0.25, 0.3) is 0 Å². The molecular formula is C17H21ClN2O. The lowest BCUT2D eigenvalue weighted by Gasteiger charge is -2.26. The summed E-state index contributed by atoms with van der Waals surface area (Å²) in [6.45, 7) is 2.88. The highest BCUT2D eigenvalue weighted by molar-refractivity contribution is 6.31. The van der Waals surface area contributed by atoms with Gasteiger partial charge < -0.3 is 10.5 Å². The first kappa shape index (κ1) is 15.7. The van der Waals surface area contributed by atoms with E-state index in [-0.39, 0.29) is 6.04 Å². The molecule has 2 N–H and O–H groups in total. The average molecular weight is 305 g/mol. The molecule has 2 rings (SSSR count). The van der Waals surface area contributed by atoms with Gasteiger partial charge in [-0.1, -0.05) is 29.8 Å². The summed E-state index contributed by atoms with van der Waals surface area (Å²) in [6, 6.07) is 13.8. The van der Waals surface area contributed by atoms with Crippen LogP contribution in [0.15, 0.2) is 42.5 Å². The van der Waals surface area contributed by atoms with Crippen molar-refractivity contribution in [1.82, 2.24) is 4.90 Å². The van der Waals surface area contributed by atoms with Gasteiger partial charge in [0, 0.05) is 28.9 Å².